The van der Waals surface area contributed by atoms with Crippen LogP contribution in [-0.4, -0.2) is 37.7 Å². The maximum Gasteiger partial charge on any atom is 0.326 e. The number of amides is 1. The van der Waals surface area contributed by atoms with Gasteiger partial charge in [-0.25, -0.2) is 13.2 Å². The van der Waals surface area contributed by atoms with Crippen molar-refractivity contribution in [3.8, 4) is 0 Å². The summed E-state index contributed by atoms with van der Waals surface area (Å²) in [4.78, 5) is 24.2. The Morgan fingerprint density at radius 1 is 1.12 bits per heavy atom. The van der Waals surface area contributed by atoms with E-state index in [-0.39, 0.29) is 16.9 Å². The minimum Gasteiger partial charge on any atom is -0.480 e. The first-order valence-electron chi connectivity index (χ1n) is 7.98. The first kappa shape index (κ1) is 19.7. The number of carboxylic acid groups (broad SMARTS) is 1. The lowest BCUT2D eigenvalue weighted by Gasteiger charge is -2.17. The fourth-order valence-electron chi connectivity index (χ4n) is 2.56. The van der Waals surface area contributed by atoms with Gasteiger partial charge in [-0.1, -0.05) is 30.3 Å². The van der Waals surface area contributed by atoms with Gasteiger partial charge in [0.1, 0.15) is 6.04 Å². The van der Waals surface area contributed by atoms with Crippen molar-refractivity contribution in [2.24, 2.45) is 0 Å². The van der Waals surface area contributed by atoms with Crippen molar-refractivity contribution in [3.05, 3.63) is 64.7 Å². The molecule has 0 aromatic heterocycles. The van der Waals surface area contributed by atoms with Gasteiger partial charge >= 0.3 is 5.97 Å². The maximum absolute atomic E-state index is 12.6. The summed E-state index contributed by atoms with van der Waals surface area (Å²) < 4.78 is 23.6. The van der Waals surface area contributed by atoms with Gasteiger partial charge in [-0.2, -0.15) is 0 Å². The zero-order chi connectivity index (χ0) is 19.5. The molecule has 138 valence electrons. The van der Waals surface area contributed by atoms with E-state index in [1.807, 2.05) is 6.07 Å². The van der Waals surface area contributed by atoms with Crippen LogP contribution in [0.15, 0.2) is 47.4 Å². The summed E-state index contributed by atoms with van der Waals surface area (Å²) in [6, 6.07) is 10.6. The molecular formula is C19H21NO5S. The SMILES string of the molecule is Cc1cc(S(C)(=O)=O)cc(C(=O)N[C@H](Cc2ccccc2)C(=O)O)c1C. The van der Waals surface area contributed by atoms with Crippen molar-refractivity contribution >= 4 is 21.7 Å². The minimum absolute atomic E-state index is 0.0284. The molecule has 0 radical (unpaired) electrons. The van der Waals surface area contributed by atoms with Gasteiger partial charge in [0.15, 0.2) is 9.84 Å². The van der Waals surface area contributed by atoms with Gasteiger partial charge in [0.05, 0.1) is 4.90 Å². The van der Waals surface area contributed by atoms with Crippen LogP contribution in [0.4, 0.5) is 0 Å². The number of aliphatic carboxylic acids is 1. The summed E-state index contributed by atoms with van der Waals surface area (Å²) >= 11 is 0. The summed E-state index contributed by atoms with van der Waals surface area (Å²) in [5.41, 5.74) is 2.19. The summed E-state index contributed by atoms with van der Waals surface area (Å²) in [6.45, 7) is 3.41. The van der Waals surface area contributed by atoms with Crippen LogP contribution >= 0.6 is 0 Å². The Morgan fingerprint density at radius 2 is 1.73 bits per heavy atom. The van der Waals surface area contributed by atoms with E-state index in [1.54, 1.807) is 38.1 Å². The topological polar surface area (TPSA) is 101 Å². The number of nitrogens with one attached hydrogen (secondary N) is 1. The van der Waals surface area contributed by atoms with E-state index in [1.165, 1.54) is 12.1 Å². The first-order valence-corrected chi connectivity index (χ1v) is 9.87. The van der Waals surface area contributed by atoms with Crippen LogP contribution in [0.5, 0.6) is 0 Å². The minimum atomic E-state index is -3.49. The highest BCUT2D eigenvalue weighted by Crippen LogP contribution is 2.20. The van der Waals surface area contributed by atoms with Crippen molar-refractivity contribution in [1.29, 1.82) is 0 Å². The Balaban J connectivity index is 2.32. The summed E-state index contributed by atoms with van der Waals surface area (Å²) in [7, 11) is -3.49. The van der Waals surface area contributed by atoms with Gasteiger partial charge in [-0.05, 0) is 42.7 Å². The number of rotatable bonds is 6. The largest absolute Gasteiger partial charge is 0.480 e. The molecule has 0 saturated carbocycles. The molecule has 1 atom stereocenters. The molecule has 2 N–H and O–H groups in total. The van der Waals surface area contributed by atoms with E-state index in [4.69, 9.17) is 0 Å². The normalized spacial score (nSPS) is 12.4. The molecule has 0 fully saturated rings. The molecule has 0 heterocycles. The number of carboxylic acids is 1. The number of aryl methyl sites for hydroxylation is 1. The second kappa shape index (κ2) is 7.70. The van der Waals surface area contributed by atoms with Gasteiger partial charge in [0, 0.05) is 18.2 Å². The Hall–Kier alpha value is -2.67. The summed E-state index contributed by atoms with van der Waals surface area (Å²) in [5, 5.41) is 11.9. The molecule has 0 aliphatic carbocycles. The third-order valence-electron chi connectivity index (χ3n) is 4.20. The van der Waals surface area contributed by atoms with E-state index >= 15 is 0 Å². The number of hydrogen-bond acceptors (Lipinski definition) is 4. The van der Waals surface area contributed by atoms with Crippen LogP contribution in [-0.2, 0) is 21.1 Å². The highest BCUT2D eigenvalue weighted by atomic mass is 32.2. The second-order valence-corrected chi connectivity index (χ2v) is 8.25. The van der Waals surface area contributed by atoms with Gasteiger partial charge < -0.3 is 10.4 Å². The highest BCUT2D eigenvalue weighted by Gasteiger charge is 2.23. The molecule has 0 bridgehead atoms. The average Bonchev–Trinajstić information content (AvgIpc) is 2.56. The number of benzene rings is 2. The Kier molecular flexibility index (Phi) is 5.82. The molecule has 6 nitrogen and oxygen atoms in total. The van der Waals surface area contributed by atoms with Gasteiger partial charge in [0.2, 0.25) is 0 Å². The van der Waals surface area contributed by atoms with Gasteiger partial charge in [-0.15, -0.1) is 0 Å². The summed E-state index contributed by atoms with van der Waals surface area (Å²) in [6.07, 6.45) is 1.19. The van der Waals surface area contributed by atoms with Crippen LogP contribution in [0, 0.1) is 13.8 Å². The zero-order valence-electron chi connectivity index (χ0n) is 14.8. The predicted molar refractivity (Wildman–Crippen MR) is 98.1 cm³/mol. The number of carbonyl (C=O) groups excluding carboxylic acids is 1. The molecule has 0 aliphatic heterocycles. The van der Waals surface area contributed by atoms with E-state index in [9.17, 15) is 23.1 Å². The fraction of sp³-hybridized carbons (Fsp3) is 0.263. The van der Waals surface area contributed by atoms with E-state index in [0.29, 0.717) is 11.1 Å². The molecule has 0 spiro atoms. The van der Waals surface area contributed by atoms with Gasteiger partial charge in [0.25, 0.3) is 5.91 Å². The van der Waals surface area contributed by atoms with Crippen molar-refractivity contribution < 1.29 is 23.1 Å². The average molecular weight is 375 g/mol. The van der Waals surface area contributed by atoms with Crippen LogP contribution < -0.4 is 5.32 Å². The lowest BCUT2D eigenvalue weighted by atomic mass is 10.0. The molecule has 0 aliphatic rings. The van der Waals surface area contributed by atoms with Crippen molar-refractivity contribution in [2.75, 3.05) is 6.26 Å². The smallest absolute Gasteiger partial charge is 0.326 e. The Labute approximate surface area is 152 Å². The van der Waals surface area contributed by atoms with E-state index in [0.717, 1.165) is 11.8 Å². The third kappa shape index (κ3) is 4.70. The first-order chi connectivity index (χ1) is 12.1. The standard InChI is InChI=1S/C19H21NO5S/c1-12-9-15(26(3,24)25)11-16(13(12)2)18(21)20-17(19(22)23)10-14-7-5-4-6-8-14/h4-9,11,17H,10H2,1-3H3,(H,20,21)(H,22,23)/t17-/m1/s1. The van der Waals surface area contributed by atoms with Crippen molar-refractivity contribution in [1.82, 2.24) is 5.32 Å². The monoisotopic (exact) mass is 375 g/mol. The molecular weight excluding hydrogens is 354 g/mol. The quantitative estimate of drug-likeness (QED) is 0.806. The Morgan fingerprint density at radius 3 is 2.27 bits per heavy atom. The van der Waals surface area contributed by atoms with Crippen LogP contribution in [0.3, 0.4) is 0 Å². The van der Waals surface area contributed by atoms with Crippen molar-refractivity contribution in [2.45, 2.75) is 31.2 Å². The summed E-state index contributed by atoms with van der Waals surface area (Å²) in [5.74, 6) is -1.77. The van der Waals surface area contributed by atoms with Crippen LogP contribution in [0.2, 0.25) is 0 Å². The molecule has 26 heavy (non-hydrogen) atoms. The molecule has 2 aromatic carbocycles. The highest BCUT2D eigenvalue weighted by molar-refractivity contribution is 7.90. The number of hydrogen-bond donors (Lipinski definition) is 2. The van der Waals surface area contributed by atoms with E-state index in [2.05, 4.69) is 5.32 Å². The maximum atomic E-state index is 12.6. The molecule has 2 rings (SSSR count). The molecule has 1 amide bonds. The zero-order valence-corrected chi connectivity index (χ0v) is 15.6. The van der Waals surface area contributed by atoms with Gasteiger partial charge in [-0.3, -0.25) is 4.79 Å². The van der Waals surface area contributed by atoms with Crippen LogP contribution in [0.25, 0.3) is 0 Å². The Bertz CT molecular complexity index is 936. The van der Waals surface area contributed by atoms with Crippen LogP contribution in [0.1, 0.15) is 27.0 Å². The lowest BCUT2D eigenvalue weighted by Crippen LogP contribution is -2.42. The lowest BCUT2D eigenvalue weighted by molar-refractivity contribution is -0.139. The third-order valence-corrected chi connectivity index (χ3v) is 5.29. The molecule has 0 saturated heterocycles. The second-order valence-electron chi connectivity index (χ2n) is 6.24. The molecule has 7 heteroatoms. The predicted octanol–water partition coefficient (Wildman–Crippen LogP) is 2.13. The van der Waals surface area contributed by atoms with Crippen molar-refractivity contribution in [3.63, 3.8) is 0 Å². The molecule has 2 aromatic rings. The van der Waals surface area contributed by atoms with E-state index < -0.39 is 27.8 Å². The number of sulfone groups is 1. The number of carbonyl (C=O) groups is 2. The fourth-order valence-corrected chi connectivity index (χ4v) is 3.28. The molecule has 0 unspecified atom stereocenters.